The molecule has 0 aliphatic carbocycles. The normalized spacial score (nSPS) is 17.5. The van der Waals surface area contributed by atoms with E-state index in [1.807, 2.05) is 0 Å². The lowest BCUT2D eigenvalue weighted by Gasteiger charge is -2.30. The van der Waals surface area contributed by atoms with Crippen molar-refractivity contribution in [2.24, 2.45) is 0 Å². The summed E-state index contributed by atoms with van der Waals surface area (Å²) in [4.78, 5) is 4.29. The molecule has 126 valence electrons. The van der Waals surface area contributed by atoms with Crippen LogP contribution in [0.25, 0.3) is 11.1 Å². The fraction of sp³-hybridized carbons (Fsp3) is 0.375. The van der Waals surface area contributed by atoms with Crippen molar-refractivity contribution < 1.29 is 12.9 Å². The molecule has 3 aromatic rings. The molecule has 0 radical (unpaired) electrons. The Labute approximate surface area is 144 Å². The van der Waals surface area contributed by atoms with Crippen molar-refractivity contribution >= 4 is 32.5 Å². The Bertz CT molecular complexity index is 956. The van der Waals surface area contributed by atoms with E-state index in [1.54, 1.807) is 28.6 Å². The van der Waals surface area contributed by atoms with Crippen molar-refractivity contribution in [3.05, 3.63) is 40.3 Å². The number of pyridine rings is 1. The van der Waals surface area contributed by atoms with Gasteiger partial charge < -0.3 is 4.52 Å². The summed E-state index contributed by atoms with van der Waals surface area (Å²) in [6.07, 6.45) is 3.04. The summed E-state index contributed by atoms with van der Waals surface area (Å²) >= 11 is 1.68. The van der Waals surface area contributed by atoms with Gasteiger partial charge in [0, 0.05) is 13.1 Å². The van der Waals surface area contributed by atoms with Crippen LogP contribution in [0.15, 0.2) is 38.5 Å². The van der Waals surface area contributed by atoms with Gasteiger partial charge in [-0.05, 0) is 54.1 Å². The van der Waals surface area contributed by atoms with Crippen LogP contribution >= 0.6 is 11.3 Å². The topological polar surface area (TPSA) is 76.3 Å². The first kappa shape index (κ1) is 15.7. The third-order valence-corrected chi connectivity index (χ3v) is 7.16. The van der Waals surface area contributed by atoms with Gasteiger partial charge in [-0.3, -0.25) is 0 Å². The van der Waals surface area contributed by atoms with E-state index in [-0.39, 0.29) is 4.90 Å². The van der Waals surface area contributed by atoms with Crippen LogP contribution in [0.3, 0.4) is 0 Å². The SMILES string of the molecule is Cc1noc2ncc(S(=O)(=O)N3CCC(c4ccsc4)CC3)cc12. The van der Waals surface area contributed by atoms with Crippen LogP contribution < -0.4 is 0 Å². The molecule has 24 heavy (non-hydrogen) atoms. The lowest BCUT2D eigenvalue weighted by Crippen LogP contribution is -2.37. The van der Waals surface area contributed by atoms with Gasteiger partial charge >= 0.3 is 0 Å². The summed E-state index contributed by atoms with van der Waals surface area (Å²) in [6, 6.07) is 3.74. The molecule has 1 aliphatic heterocycles. The number of hydrogen-bond donors (Lipinski definition) is 0. The maximum absolute atomic E-state index is 12.9. The van der Waals surface area contributed by atoms with Crippen molar-refractivity contribution in [3.63, 3.8) is 0 Å². The summed E-state index contributed by atoms with van der Waals surface area (Å²) in [6.45, 7) is 2.84. The summed E-state index contributed by atoms with van der Waals surface area (Å²) in [5.74, 6) is 0.448. The average Bonchev–Trinajstić information content (AvgIpc) is 3.25. The van der Waals surface area contributed by atoms with Crippen LogP contribution in [0.4, 0.5) is 0 Å². The van der Waals surface area contributed by atoms with E-state index >= 15 is 0 Å². The zero-order valence-corrected chi connectivity index (χ0v) is 14.8. The van der Waals surface area contributed by atoms with E-state index in [4.69, 9.17) is 4.52 Å². The van der Waals surface area contributed by atoms with Crippen LogP contribution in [0.2, 0.25) is 0 Å². The predicted molar refractivity (Wildman–Crippen MR) is 91.6 cm³/mol. The summed E-state index contributed by atoms with van der Waals surface area (Å²) in [7, 11) is -3.54. The second-order valence-electron chi connectivity index (χ2n) is 6.03. The highest BCUT2D eigenvalue weighted by Gasteiger charge is 2.30. The number of aryl methyl sites for hydroxylation is 1. The lowest BCUT2D eigenvalue weighted by molar-refractivity contribution is 0.320. The van der Waals surface area contributed by atoms with Crippen molar-refractivity contribution in [2.45, 2.75) is 30.6 Å². The monoisotopic (exact) mass is 363 g/mol. The smallest absolute Gasteiger partial charge is 0.257 e. The molecule has 8 heteroatoms. The number of hydrogen-bond acceptors (Lipinski definition) is 6. The Balaban J connectivity index is 1.57. The number of thiophene rings is 1. The molecule has 0 N–H and O–H groups in total. The molecule has 0 unspecified atom stereocenters. The molecule has 0 bridgehead atoms. The summed E-state index contributed by atoms with van der Waals surface area (Å²) < 4.78 is 32.4. The number of aromatic nitrogens is 2. The molecule has 4 heterocycles. The van der Waals surface area contributed by atoms with Crippen LogP contribution in [0.5, 0.6) is 0 Å². The largest absolute Gasteiger partial charge is 0.336 e. The van der Waals surface area contributed by atoms with Crippen LogP contribution in [0.1, 0.15) is 30.0 Å². The van der Waals surface area contributed by atoms with Gasteiger partial charge in [-0.15, -0.1) is 0 Å². The zero-order chi connectivity index (χ0) is 16.7. The van der Waals surface area contributed by atoms with E-state index in [2.05, 4.69) is 27.0 Å². The van der Waals surface area contributed by atoms with Gasteiger partial charge in [-0.1, -0.05) is 5.16 Å². The third-order valence-electron chi connectivity index (χ3n) is 4.59. The molecule has 3 aromatic heterocycles. The van der Waals surface area contributed by atoms with Crippen LogP contribution in [-0.4, -0.2) is 36.0 Å². The van der Waals surface area contributed by atoms with Crippen molar-refractivity contribution in [3.8, 4) is 0 Å². The standard InChI is InChI=1S/C16H17N3O3S2/c1-11-15-8-14(9-17-16(15)22-18-11)24(20,21)19-5-2-12(3-6-19)13-4-7-23-10-13/h4,7-10,12H,2-3,5-6H2,1H3. The van der Waals surface area contributed by atoms with E-state index in [0.717, 1.165) is 12.8 Å². The second-order valence-corrected chi connectivity index (χ2v) is 8.74. The van der Waals surface area contributed by atoms with E-state index in [1.165, 1.54) is 11.8 Å². The van der Waals surface area contributed by atoms with Gasteiger partial charge in [0.1, 0.15) is 4.90 Å². The fourth-order valence-corrected chi connectivity index (χ4v) is 5.34. The predicted octanol–water partition coefficient (Wildman–Crippen LogP) is 3.16. The van der Waals surface area contributed by atoms with Gasteiger partial charge in [-0.25, -0.2) is 13.4 Å². The Morgan fingerprint density at radius 3 is 2.83 bits per heavy atom. The van der Waals surface area contributed by atoms with Crippen molar-refractivity contribution in [1.82, 2.24) is 14.4 Å². The first-order valence-electron chi connectivity index (χ1n) is 7.80. The number of rotatable bonds is 3. The Morgan fingerprint density at radius 1 is 1.33 bits per heavy atom. The van der Waals surface area contributed by atoms with Gasteiger partial charge in [-0.2, -0.15) is 15.6 Å². The highest BCUT2D eigenvalue weighted by Crippen LogP contribution is 2.32. The fourth-order valence-electron chi connectivity index (χ4n) is 3.15. The van der Waals surface area contributed by atoms with Crippen molar-refractivity contribution in [2.75, 3.05) is 13.1 Å². The minimum absolute atomic E-state index is 0.204. The van der Waals surface area contributed by atoms with Gasteiger partial charge in [0.25, 0.3) is 5.71 Å². The maximum Gasteiger partial charge on any atom is 0.257 e. The third kappa shape index (κ3) is 2.64. The number of nitrogens with zero attached hydrogens (tertiary/aromatic N) is 3. The Kier molecular flexibility index (Phi) is 3.90. The molecular formula is C16H17N3O3S2. The molecule has 0 atom stereocenters. The van der Waals surface area contributed by atoms with Crippen LogP contribution in [0, 0.1) is 6.92 Å². The number of fused-ring (bicyclic) bond motifs is 1. The molecule has 0 aromatic carbocycles. The highest BCUT2D eigenvalue weighted by molar-refractivity contribution is 7.89. The molecular weight excluding hydrogens is 346 g/mol. The maximum atomic E-state index is 12.9. The average molecular weight is 363 g/mol. The first-order chi connectivity index (χ1) is 11.6. The molecule has 4 rings (SSSR count). The molecule has 0 saturated carbocycles. The van der Waals surface area contributed by atoms with Gasteiger partial charge in [0.15, 0.2) is 0 Å². The molecule has 0 amide bonds. The van der Waals surface area contributed by atoms with E-state index in [9.17, 15) is 8.42 Å². The molecule has 1 fully saturated rings. The number of piperidine rings is 1. The summed E-state index contributed by atoms with van der Waals surface area (Å²) in [5, 5.41) is 8.69. The Morgan fingerprint density at radius 2 is 2.12 bits per heavy atom. The quantitative estimate of drug-likeness (QED) is 0.714. The van der Waals surface area contributed by atoms with Crippen molar-refractivity contribution in [1.29, 1.82) is 0 Å². The molecule has 6 nitrogen and oxygen atoms in total. The van der Waals surface area contributed by atoms with Gasteiger partial charge in [0.2, 0.25) is 10.0 Å². The minimum Gasteiger partial charge on any atom is -0.336 e. The van der Waals surface area contributed by atoms with E-state index < -0.39 is 10.0 Å². The molecule has 1 saturated heterocycles. The minimum atomic E-state index is -3.54. The van der Waals surface area contributed by atoms with Crippen LogP contribution in [-0.2, 0) is 10.0 Å². The first-order valence-corrected chi connectivity index (χ1v) is 10.2. The zero-order valence-electron chi connectivity index (χ0n) is 13.2. The summed E-state index contributed by atoms with van der Waals surface area (Å²) in [5.41, 5.74) is 2.33. The Hall–Kier alpha value is -1.77. The molecule has 0 spiro atoms. The number of sulfonamides is 1. The van der Waals surface area contributed by atoms with E-state index in [0.29, 0.717) is 35.8 Å². The van der Waals surface area contributed by atoms with Gasteiger partial charge in [0.05, 0.1) is 17.3 Å². The lowest BCUT2D eigenvalue weighted by atomic mass is 9.92. The second kappa shape index (κ2) is 5.94. The highest BCUT2D eigenvalue weighted by atomic mass is 32.2. The molecule has 1 aliphatic rings.